The third-order valence-corrected chi connectivity index (χ3v) is 6.90. The van der Waals surface area contributed by atoms with Crippen molar-refractivity contribution in [2.24, 2.45) is 0 Å². The quantitative estimate of drug-likeness (QED) is 0.541. The van der Waals surface area contributed by atoms with Gasteiger partial charge in [0.1, 0.15) is 25.1 Å². The van der Waals surface area contributed by atoms with Gasteiger partial charge >= 0.3 is 6.09 Å². The number of ether oxygens (including phenoxy) is 2. The van der Waals surface area contributed by atoms with Gasteiger partial charge in [-0.3, -0.25) is 14.7 Å². The van der Waals surface area contributed by atoms with Crippen molar-refractivity contribution in [3.63, 3.8) is 0 Å². The minimum Gasteiger partial charge on any atom is -0.486 e. The van der Waals surface area contributed by atoms with Crippen molar-refractivity contribution in [3.8, 4) is 17.6 Å². The molecular weight excluding hydrogens is 481 g/mol. The molecule has 1 fully saturated rings. The van der Waals surface area contributed by atoms with Crippen LogP contribution in [0.1, 0.15) is 24.1 Å². The number of nitriles is 1. The van der Waals surface area contributed by atoms with Crippen LogP contribution in [0.5, 0.6) is 11.5 Å². The number of pyridine rings is 2. The fourth-order valence-electron chi connectivity index (χ4n) is 4.98. The van der Waals surface area contributed by atoms with Gasteiger partial charge < -0.3 is 24.0 Å². The van der Waals surface area contributed by atoms with Gasteiger partial charge in [0, 0.05) is 49.7 Å². The van der Waals surface area contributed by atoms with Crippen molar-refractivity contribution in [2.75, 3.05) is 32.8 Å². The van der Waals surface area contributed by atoms with Crippen LogP contribution in [-0.2, 0) is 13.1 Å². The highest BCUT2D eigenvalue weighted by Gasteiger charge is 2.29. The molecule has 5 rings (SSSR count). The van der Waals surface area contributed by atoms with Gasteiger partial charge in [-0.1, -0.05) is 0 Å². The molecule has 11 heteroatoms. The Kier molecular flexibility index (Phi) is 6.92. The smallest absolute Gasteiger partial charge is 0.407 e. The lowest BCUT2D eigenvalue weighted by molar-refractivity contribution is 0.0848. The SMILES string of the molecule is N#Cc1cc(=O)n(CCN2CCC(N(Cc3cc4c(cn3)OCCO4)C(=O)O)CC2)c2cc(F)ccc12. The van der Waals surface area contributed by atoms with Crippen LogP contribution in [0.25, 0.3) is 10.9 Å². The lowest BCUT2D eigenvalue weighted by Crippen LogP contribution is -2.47. The zero-order valence-electron chi connectivity index (χ0n) is 20.1. The number of nitrogens with zero attached hydrogens (tertiary/aromatic N) is 5. The monoisotopic (exact) mass is 507 g/mol. The molecule has 0 unspecified atom stereocenters. The molecule has 4 heterocycles. The van der Waals surface area contributed by atoms with Crippen LogP contribution >= 0.6 is 0 Å². The van der Waals surface area contributed by atoms with Gasteiger partial charge in [0.05, 0.1) is 29.5 Å². The fourth-order valence-corrected chi connectivity index (χ4v) is 4.98. The summed E-state index contributed by atoms with van der Waals surface area (Å²) in [4.78, 5) is 32.6. The summed E-state index contributed by atoms with van der Waals surface area (Å²) in [5, 5.41) is 19.8. The molecule has 0 bridgehead atoms. The van der Waals surface area contributed by atoms with Crippen molar-refractivity contribution in [3.05, 3.63) is 64.0 Å². The summed E-state index contributed by atoms with van der Waals surface area (Å²) >= 11 is 0. The molecule has 2 aliphatic heterocycles. The molecule has 0 atom stereocenters. The molecule has 192 valence electrons. The summed E-state index contributed by atoms with van der Waals surface area (Å²) in [5.74, 6) is 0.654. The van der Waals surface area contributed by atoms with Crippen LogP contribution in [0.15, 0.2) is 41.3 Å². The van der Waals surface area contributed by atoms with E-state index in [9.17, 15) is 24.3 Å². The van der Waals surface area contributed by atoms with Crippen molar-refractivity contribution < 1.29 is 23.8 Å². The Bertz CT molecular complexity index is 1430. The lowest BCUT2D eigenvalue weighted by Gasteiger charge is -2.37. The minimum atomic E-state index is -1.01. The zero-order chi connectivity index (χ0) is 25.9. The van der Waals surface area contributed by atoms with Gasteiger partial charge in [-0.15, -0.1) is 0 Å². The highest BCUT2D eigenvalue weighted by atomic mass is 19.1. The first kappa shape index (κ1) is 24.5. The minimum absolute atomic E-state index is 0.148. The Morgan fingerprint density at radius 1 is 1.16 bits per heavy atom. The molecule has 0 radical (unpaired) electrons. The summed E-state index contributed by atoms with van der Waals surface area (Å²) in [6.07, 6.45) is 1.82. The van der Waals surface area contributed by atoms with E-state index in [0.717, 1.165) is 0 Å². The normalized spacial score (nSPS) is 15.9. The Hall–Kier alpha value is -4.17. The average Bonchev–Trinajstić information content (AvgIpc) is 2.91. The fraction of sp³-hybridized carbons (Fsp3) is 0.385. The maximum Gasteiger partial charge on any atom is 0.407 e. The first-order chi connectivity index (χ1) is 17.9. The molecule has 37 heavy (non-hydrogen) atoms. The number of rotatable bonds is 6. The Balaban J connectivity index is 1.23. The predicted molar refractivity (Wildman–Crippen MR) is 131 cm³/mol. The third-order valence-electron chi connectivity index (χ3n) is 6.90. The van der Waals surface area contributed by atoms with Crippen molar-refractivity contribution in [2.45, 2.75) is 32.0 Å². The first-order valence-electron chi connectivity index (χ1n) is 12.1. The number of likely N-dealkylation sites (tertiary alicyclic amines) is 1. The maximum atomic E-state index is 13.9. The zero-order valence-corrected chi connectivity index (χ0v) is 20.1. The van der Waals surface area contributed by atoms with Crippen LogP contribution in [-0.4, -0.2) is 69.4 Å². The van der Waals surface area contributed by atoms with Crippen LogP contribution in [0.4, 0.5) is 9.18 Å². The van der Waals surface area contributed by atoms with E-state index in [1.165, 1.54) is 33.7 Å². The number of halogens is 1. The van der Waals surface area contributed by atoms with Crippen LogP contribution in [0.2, 0.25) is 0 Å². The Labute approximate surface area is 212 Å². The summed E-state index contributed by atoms with van der Waals surface area (Å²) in [6, 6.07) is 8.91. The number of carboxylic acid groups (broad SMARTS) is 1. The van der Waals surface area contributed by atoms with Crippen LogP contribution in [0, 0.1) is 17.1 Å². The van der Waals surface area contributed by atoms with E-state index in [1.54, 1.807) is 12.3 Å². The number of benzene rings is 1. The molecule has 2 aromatic heterocycles. The first-order valence-corrected chi connectivity index (χ1v) is 12.1. The summed E-state index contributed by atoms with van der Waals surface area (Å²) in [7, 11) is 0. The number of amides is 1. The summed E-state index contributed by atoms with van der Waals surface area (Å²) in [6.45, 7) is 3.23. The molecule has 10 nitrogen and oxygen atoms in total. The van der Waals surface area contributed by atoms with Crippen molar-refractivity contribution >= 4 is 17.0 Å². The predicted octanol–water partition coefficient (Wildman–Crippen LogP) is 2.82. The molecule has 1 saturated heterocycles. The second-order valence-electron chi connectivity index (χ2n) is 9.12. The van der Waals surface area contributed by atoms with E-state index in [0.29, 0.717) is 80.3 Å². The van der Waals surface area contributed by atoms with Crippen molar-refractivity contribution in [1.29, 1.82) is 5.26 Å². The Morgan fingerprint density at radius 3 is 2.65 bits per heavy atom. The second kappa shape index (κ2) is 10.4. The Morgan fingerprint density at radius 2 is 1.92 bits per heavy atom. The molecule has 0 saturated carbocycles. The molecule has 1 N–H and O–H groups in total. The van der Waals surface area contributed by atoms with E-state index >= 15 is 0 Å². The molecular formula is C26H26FN5O5. The molecule has 0 aliphatic carbocycles. The van der Waals surface area contributed by atoms with Gasteiger partial charge in [0.15, 0.2) is 11.5 Å². The van der Waals surface area contributed by atoms with Gasteiger partial charge in [-0.05, 0) is 31.0 Å². The molecule has 0 spiro atoms. The molecule has 3 aromatic rings. The van der Waals surface area contributed by atoms with Gasteiger partial charge in [-0.25, -0.2) is 9.18 Å². The number of hydrogen-bond acceptors (Lipinski definition) is 7. The maximum absolute atomic E-state index is 13.9. The molecule has 1 aromatic carbocycles. The summed E-state index contributed by atoms with van der Waals surface area (Å²) in [5.41, 5.74) is 0.850. The van der Waals surface area contributed by atoms with Crippen molar-refractivity contribution in [1.82, 2.24) is 19.4 Å². The third kappa shape index (κ3) is 5.20. The van der Waals surface area contributed by atoms with Crippen LogP contribution in [0.3, 0.4) is 0 Å². The van der Waals surface area contributed by atoms with E-state index in [2.05, 4.69) is 9.88 Å². The van der Waals surface area contributed by atoms with E-state index in [-0.39, 0.29) is 23.7 Å². The lowest BCUT2D eigenvalue weighted by atomic mass is 10.0. The second-order valence-corrected chi connectivity index (χ2v) is 9.12. The van der Waals surface area contributed by atoms with E-state index < -0.39 is 11.9 Å². The largest absolute Gasteiger partial charge is 0.486 e. The average molecular weight is 508 g/mol. The van der Waals surface area contributed by atoms with Gasteiger partial charge in [-0.2, -0.15) is 5.26 Å². The number of aromatic nitrogens is 2. The van der Waals surface area contributed by atoms with Crippen LogP contribution < -0.4 is 15.0 Å². The molecule has 2 aliphatic rings. The number of fused-ring (bicyclic) bond motifs is 2. The summed E-state index contributed by atoms with van der Waals surface area (Å²) < 4.78 is 26.5. The van der Waals surface area contributed by atoms with E-state index in [4.69, 9.17) is 9.47 Å². The number of hydrogen-bond donors (Lipinski definition) is 1. The van der Waals surface area contributed by atoms with Gasteiger partial charge in [0.25, 0.3) is 5.56 Å². The highest BCUT2D eigenvalue weighted by Crippen LogP contribution is 2.30. The molecule has 1 amide bonds. The standard InChI is InChI=1S/C26H26FN5O5/c27-18-1-2-21-17(14-28)11-25(33)31(22(21)12-18)8-7-30-5-3-20(4-6-30)32(26(34)35)16-19-13-23-24(15-29-19)37-10-9-36-23/h1-2,11-13,15,20H,3-10,16H2,(H,34,35). The topological polar surface area (TPSA) is 121 Å². The number of piperidine rings is 1. The number of carbonyl (C=O) groups is 1. The van der Waals surface area contributed by atoms with Gasteiger partial charge in [0.2, 0.25) is 0 Å². The van der Waals surface area contributed by atoms with E-state index in [1.807, 2.05) is 6.07 Å². The highest BCUT2D eigenvalue weighted by molar-refractivity contribution is 5.85.